The van der Waals surface area contributed by atoms with Gasteiger partial charge in [-0.3, -0.25) is 4.79 Å². The van der Waals surface area contributed by atoms with Gasteiger partial charge < -0.3 is 36.5 Å². The lowest BCUT2D eigenvalue weighted by Gasteiger charge is -2.13. The van der Waals surface area contributed by atoms with E-state index in [1.54, 1.807) is 12.1 Å². The molecule has 2 aromatic rings. The molecule has 0 aliphatic carbocycles. The summed E-state index contributed by atoms with van der Waals surface area (Å²) in [5, 5.41) is 12.3. The molecule has 0 unspecified atom stereocenters. The summed E-state index contributed by atoms with van der Waals surface area (Å²) >= 11 is 0. The minimum atomic E-state index is -0.107. The summed E-state index contributed by atoms with van der Waals surface area (Å²) < 4.78 is 11.0. The highest BCUT2D eigenvalue weighted by Crippen LogP contribution is 2.10. The number of ether oxygens (including phenoxy) is 2. The van der Waals surface area contributed by atoms with Crippen molar-refractivity contribution in [1.82, 2.24) is 20.3 Å². The quantitative estimate of drug-likeness (QED) is 0.219. The van der Waals surface area contributed by atoms with Crippen LogP contribution in [0.15, 0.2) is 30.3 Å². The summed E-state index contributed by atoms with van der Waals surface area (Å²) in [4.78, 5) is 25.0. The number of carbonyl (C=O) groups excluding carboxylic acids is 1. The van der Waals surface area contributed by atoms with E-state index in [1.807, 2.05) is 32.0 Å². The molecule has 11 heteroatoms. The first-order valence-electron chi connectivity index (χ1n) is 11.3. The van der Waals surface area contributed by atoms with Crippen molar-refractivity contribution in [2.24, 2.45) is 5.73 Å². The van der Waals surface area contributed by atoms with Crippen LogP contribution in [0.3, 0.4) is 0 Å². The Morgan fingerprint density at radius 2 is 1.48 bits per heavy atom. The fourth-order valence-electron chi connectivity index (χ4n) is 2.64. The van der Waals surface area contributed by atoms with Gasteiger partial charge in [0.15, 0.2) is 0 Å². The number of amides is 1. The zero-order valence-corrected chi connectivity index (χ0v) is 19.5. The van der Waals surface area contributed by atoms with Crippen LogP contribution in [0.1, 0.15) is 30.6 Å². The molecule has 0 saturated carbocycles. The molecule has 1 aromatic carbocycles. The van der Waals surface area contributed by atoms with Gasteiger partial charge in [-0.25, -0.2) is 0 Å². The lowest BCUT2D eigenvalue weighted by molar-refractivity contribution is 0.0519. The topological polar surface area (TPSA) is 148 Å². The Morgan fingerprint density at radius 3 is 2.12 bits per heavy atom. The number of nitrogens with one attached hydrogen (secondary N) is 4. The SMILES string of the molecule is CC(C)Nc1nc(NCCCN)nc(NCCOCCOCCNC(=O)c2ccccc2)n1. The van der Waals surface area contributed by atoms with Crippen molar-refractivity contribution in [1.29, 1.82) is 0 Å². The Hall–Kier alpha value is -3.02. The van der Waals surface area contributed by atoms with Crippen LogP contribution in [0.2, 0.25) is 0 Å². The van der Waals surface area contributed by atoms with Crippen LogP contribution in [0.4, 0.5) is 17.8 Å². The van der Waals surface area contributed by atoms with E-state index in [2.05, 4.69) is 36.2 Å². The molecule has 33 heavy (non-hydrogen) atoms. The molecule has 0 fully saturated rings. The average Bonchev–Trinajstić information content (AvgIpc) is 2.80. The molecule has 1 amide bonds. The van der Waals surface area contributed by atoms with E-state index < -0.39 is 0 Å². The van der Waals surface area contributed by atoms with E-state index in [-0.39, 0.29) is 11.9 Å². The normalized spacial score (nSPS) is 10.8. The summed E-state index contributed by atoms with van der Waals surface area (Å²) in [7, 11) is 0. The highest BCUT2D eigenvalue weighted by atomic mass is 16.5. The lowest BCUT2D eigenvalue weighted by Crippen LogP contribution is -2.27. The first kappa shape index (κ1) is 26.2. The molecular formula is C22H36N8O3. The predicted molar refractivity (Wildman–Crippen MR) is 130 cm³/mol. The molecule has 6 N–H and O–H groups in total. The van der Waals surface area contributed by atoms with E-state index in [1.165, 1.54) is 0 Å². The molecule has 0 atom stereocenters. The number of benzene rings is 1. The van der Waals surface area contributed by atoms with Crippen molar-refractivity contribution >= 4 is 23.8 Å². The smallest absolute Gasteiger partial charge is 0.251 e. The van der Waals surface area contributed by atoms with Crippen molar-refractivity contribution in [2.75, 3.05) is 68.6 Å². The first-order valence-corrected chi connectivity index (χ1v) is 11.3. The molecule has 0 spiro atoms. The number of aromatic nitrogens is 3. The van der Waals surface area contributed by atoms with Gasteiger partial charge in [0, 0.05) is 31.2 Å². The fourth-order valence-corrected chi connectivity index (χ4v) is 2.64. The first-order chi connectivity index (χ1) is 16.1. The molecule has 2 rings (SSSR count). The molecule has 1 heterocycles. The third kappa shape index (κ3) is 11.4. The van der Waals surface area contributed by atoms with Crippen LogP contribution in [0, 0.1) is 0 Å². The van der Waals surface area contributed by atoms with E-state index in [9.17, 15) is 4.79 Å². The van der Waals surface area contributed by atoms with Crippen molar-refractivity contribution in [3.8, 4) is 0 Å². The van der Waals surface area contributed by atoms with Crippen LogP contribution in [-0.2, 0) is 9.47 Å². The number of carbonyl (C=O) groups is 1. The second-order valence-electron chi connectivity index (χ2n) is 7.45. The summed E-state index contributed by atoms with van der Waals surface area (Å²) in [6, 6.07) is 9.29. The molecule has 0 bridgehead atoms. The molecule has 1 aromatic heterocycles. The van der Waals surface area contributed by atoms with Crippen molar-refractivity contribution in [3.05, 3.63) is 35.9 Å². The van der Waals surface area contributed by atoms with Gasteiger partial charge in [0.25, 0.3) is 5.91 Å². The van der Waals surface area contributed by atoms with Crippen molar-refractivity contribution in [3.63, 3.8) is 0 Å². The Bertz CT molecular complexity index is 807. The van der Waals surface area contributed by atoms with Gasteiger partial charge in [-0.1, -0.05) is 18.2 Å². The molecule has 0 radical (unpaired) electrons. The maximum Gasteiger partial charge on any atom is 0.251 e. The minimum absolute atomic E-state index is 0.107. The van der Waals surface area contributed by atoms with Gasteiger partial charge in [-0.05, 0) is 38.9 Å². The predicted octanol–water partition coefficient (Wildman–Crippen LogP) is 1.33. The van der Waals surface area contributed by atoms with Crippen LogP contribution in [-0.4, -0.2) is 79.5 Å². The number of nitrogens with two attached hydrogens (primary N) is 1. The summed E-state index contributed by atoms with van der Waals surface area (Å²) in [6.07, 6.45) is 0.830. The highest BCUT2D eigenvalue weighted by molar-refractivity contribution is 5.94. The molecule has 11 nitrogen and oxygen atoms in total. The number of rotatable bonds is 17. The number of hydrogen-bond acceptors (Lipinski definition) is 10. The lowest BCUT2D eigenvalue weighted by atomic mass is 10.2. The van der Waals surface area contributed by atoms with E-state index >= 15 is 0 Å². The monoisotopic (exact) mass is 460 g/mol. The van der Waals surface area contributed by atoms with Gasteiger partial charge in [-0.2, -0.15) is 15.0 Å². The summed E-state index contributed by atoms with van der Waals surface area (Å²) in [5.74, 6) is 1.37. The zero-order valence-electron chi connectivity index (χ0n) is 19.5. The van der Waals surface area contributed by atoms with E-state index in [4.69, 9.17) is 15.2 Å². The largest absolute Gasteiger partial charge is 0.377 e. The Labute approximate surface area is 195 Å². The maximum atomic E-state index is 11.9. The van der Waals surface area contributed by atoms with Gasteiger partial charge in [-0.15, -0.1) is 0 Å². The average molecular weight is 461 g/mol. The van der Waals surface area contributed by atoms with Crippen LogP contribution in [0.25, 0.3) is 0 Å². The number of anilines is 3. The summed E-state index contributed by atoms with van der Waals surface area (Å²) in [6.45, 7) is 8.13. The van der Waals surface area contributed by atoms with E-state index in [0.29, 0.717) is 76.0 Å². The van der Waals surface area contributed by atoms with Gasteiger partial charge in [0.2, 0.25) is 17.8 Å². The Morgan fingerprint density at radius 1 is 0.879 bits per heavy atom. The Balaban J connectivity index is 1.58. The standard InChI is InChI=1S/C22H36N8O3/c1-17(2)27-22-29-20(25-10-6-9-23)28-21(30-22)26-12-14-33-16-15-32-13-11-24-19(31)18-7-4-3-5-8-18/h3-5,7-8,17H,6,9-16,23H2,1-2H3,(H,24,31)(H3,25,26,27,28,29,30). The van der Waals surface area contributed by atoms with Crippen molar-refractivity contribution in [2.45, 2.75) is 26.3 Å². The molecule has 0 aliphatic heterocycles. The van der Waals surface area contributed by atoms with Crippen LogP contribution in [0.5, 0.6) is 0 Å². The number of hydrogen-bond donors (Lipinski definition) is 5. The summed E-state index contributed by atoms with van der Waals surface area (Å²) in [5.41, 5.74) is 6.17. The second kappa shape index (κ2) is 15.7. The third-order valence-corrected chi connectivity index (χ3v) is 4.19. The fraction of sp³-hybridized carbons (Fsp3) is 0.545. The van der Waals surface area contributed by atoms with Gasteiger partial charge in [0.1, 0.15) is 0 Å². The maximum absolute atomic E-state index is 11.9. The van der Waals surface area contributed by atoms with Crippen molar-refractivity contribution < 1.29 is 14.3 Å². The number of nitrogens with zero attached hydrogens (tertiary/aromatic N) is 3. The molecule has 0 aliphatic rings. The Kier molecular flexibility index (Phi) is 12.5. The third-order valence-electron chi connectivity index (χ3n) is 4.19. The van der Waals surface area contributed by atoms with Crippen LogP contribution >= 0.6 is 0 Å². The van der Waals surface area contributed by atoms with Gasteiger partial charge >= 0.3 is 0 Å². The second-order valence-corrected chi connectivity index (χ2v) is 7.45. The molecular weight excluding hydrogens is 424 g/mol. The van der Waals surface area contributed by atoms with E-state index in [0.717, 1.165) is 6.42 Å². The molecule has 0 saturated heterocycles. The highest BCUT2D eigenvalue weighted by Gasteiger charge is 2.07. The van der Waals surface area contributed by atoms with Gasteiger partial charge in [0.05, 0.1) is 26.4 Å². The zero-order chi connectivity index (χ0) is 23.7. The minimum Gasteiger partial charge on any atom is -0.377 e. The van der Waals surface area contributed by atoms with Crippen LogP contribution < -0.4 is 27.0 Å². The molecule has 182 valence electrons.